The van der Waals surface area contributed by atoms with E-state index in [1.54, 1.807) is 43.3 Å². The highest BCUT2D eigenvalue weighted by Gasteiger charge is 2.15. The molecule has 1 amide bonds. The summed E-state index contributed by atoms with van der Waals surface area (Å²) in [5.74, 6) is -0.669. The number of hydrogen-bond donors (Lipinski definition) is 2. The average Bonchev–Trinajstić information content (AvgIpc) is 2.54. The van der Waals surface area contributed by atoms with Crippen LogP contribution in [0.4, 0.5) is 4.39 Å². The second-order valence-electron chi connectivity index (χ2n) is 5.34. The van der Waals surface area contributed by atoms with Gasteiger partial charge in [-0.25, -0.2) is 4.39 Å². The third kappa shape index (κ3) is 3.13. The maximum atomic E-state index is 13.0. The van der Waals surface area contributed by atoms with Crippen molar-refractivity contribution in [3.63, 3.8) is 0 Å². The van der Waals surface area contributed by atoms with Gasteiger partial charge in [-0.3, -0.25) is 9.59 Å². The monoisotopic (exact) mass is 310 g/mol. The van der Waals surface area contributed by atoms with Crippen molar-refractivity contribution in [3.05, 3.63) is 81.9 Å². The van der Waals surface area contributed by atoms with Crippen LogP contribution in [0.15, 0.2) is 59.4 Å². The first-order valence-electron chi connectivity index (χ1n) is 7.23. The molecule has 0 radical (unpaired) electrons. The fourth-order valence-electron chi connectivity index (χ4n) is 2.50. The molecule has 0 aliphatic heterocycles. The lowest BCUT2D eigenvalue weighted by atomic mass is 10.1. The molecule has 23 heavy (non-hydrogen) atoms. The van der Waals surface area contributed by atoms with E-state index in [0.717, 1.165) is 5.56 Å². The highest BCUT2D eigenvalue weighted by Crippen LogP contribution is 2.17. The molecule has 3 rings (SSSR count). The minimum atomic E-state index is -0.343. The molecule has 0 spiro atoms. The predicted octanol–water partition coefficient (Wildman–Crippen LogP) is 3.16. The summed E-state index contributed by atoms with van der Waals surface area (Å²) < 4.78 is 13.0. The summed E-state index contributed by atoms with van der Waals surface area (Å²) in [5.41, 5.74) is 1.38. The van der Waals surface area contributed by atoms with Crippen LogP contribution in [0, 0.1) is 5.82 Å². The molecule has 116 valence electrons. The summed E-state index contributed by atoms with van der Waals surface area (Å²) in [6, 6.07) is 14.0. The van der Waals surface area contributed by atoms with Crippen LogP contribution in [-0.2, 0) is 0 Å². The summed E-state index contributed by atoms with van der Waals surface area (Å²) in [6.45, 7) is 1.81. The molecule has 2 aromatic carbocycles. The number of halogens is 1. The second-order valence-corrected chi connectivity index (χ2v) is 5.34. The number of pyridine rings is 1. The van der Waals surface area contributed by atoms with Crippen LogP contribution in [0.1, 0.15) is 28.9 Å². The molecule has 0 fully saturated rings. The number of rotatable bonds is 3. The smallest absolute Gasteiger partial charge is 0.252 e. The number of para-hydroxylation sites is 1. The predicted molar refractivity (Wildman–Crippen MR) is 86.8 cm³/mol. The standard InChI is InChI=1S/C18H15FN2O2/c1-11(12-6-8-13(19)9-7-12)20-18(23)15-10-17(22)21-16-5-3-2-4-14(15)16/h2-11H,1H3,(H,20,23)(H,21,22). The minimum Gasteiger partial charge on any atom is -0.345 e. The fraction of sp³-hybridized carbons (Fsp3) is 0.111. The molecule has 0 saturated heterocycles. The number of aromatic nitrogens is 1. The Morgan fingerprint density at radius 2 is 1.83 bits per heavy atom. The normalized spacial score (nSPS) is 12.1. The van der Waals surface area contributed by atoms with Gasteiger partial charge in [-0.15, -0.1) is 0 Å². The van der Waals surface area contributed by atoms with Gasteiger partial charge in [-0.2, -0.15) is 0 Å². The molecule has 3 aromatic rings. The van der Waals surface area contributed by atoms with E-state index in [0.29, 0.717) is 16.5 Å². The van der Waals surface area contributed by atoms with Gasteiger partial charge in [-0.1, -0.05) is 30.3 Å². The Kier molecular flexibility index (Phi) is 3.93. The highest BCUT2D eigenvalue weighted by atomic mass is 19.1. The van der Waals surface area contributed by atoms with E-state index >= 15 is 0 Å². The number of H-pyrrole nitrogens is 1. The van der Waals surface area contributed by atoms with Gasteiger partial charge in [0, 0.05) is 17.0 Å². The molecule has 0 aliphatic rings. The molecule has 0 saturated carbocycles. The zero-order valence-corrected chi connectivity index (χ0v) is 12.5. The van der Waals surface area contributed by atoms with Crippen molar-refractivity contribution in [2.75, 3.05) is 0 Å². The molecule has 0 bridgehead atoms. The third-order valence-corrected chi connectivity index (χ3v) is 3.71. The first-order chi connectivity index (χ1) is 11.0. The Balaban J connectivity index is 1.91. The molecular formula is C18H15FN2O2. The van der Waals surface area contributed by atoms with Crippen LogP contribution >= 0.6 is 0 Å². The zero-order valence-electron chi connectivity index (χ0n) is 12.5. The molecule has 1 unspecified atom stereocenters. The van der Waals surface area contributed by atoms with E-state index in [-0.39, 0.29) is 23.3 Å². The number of nitrogens with one attached hydrogen (secondary N) is 2. The topological polar surface area (TPSA) is 62.0 Å². The minimum absolute atomic E-state index is 0.304. The lowest BCUT2D eigenvalue weighted by Gasteiger charge is -2.15. The van der Waals surface area contributed by atoms with Crippen molar-refractivity contribution < 1.29 is 9.18 Å². The molecule has 0 aliphatic carbocycles. The first kappa shape index (κ1) is 15.0. The van der Waals surface area contributed by atoms with Crippen molar-refractivity contribution in [3.8, 4) is 0 Å². The van der Waals surface area contributed by atoms with Gasteiger partial charge in [0.05, 0.1) is 11.6 Å². The molecular weight excluding hydrogens is 295 g/mol. The van der Waals surface area contributed by atoms with Crippen molar-refractivity contribution >= 4 is 16.8 Å². The summed E-state index contributed by atoms with van der Waals surface area (Å²) in [4.78, 5) is 26.9. The van der Waals surface area contributed by atoms with Crippen LogP contribution in [0.2, 0.25) is 0 Å². The van der Waals surface area contributed by atoms with Gasteiger partial charge in [-0.05, 0) is 30.7 Å². The van der Waals surface area contributed by atoms with Crippen LogP contribution in [0.3, 0.4) is 0 Å². The largest absolute Gasteiger partial charge is 0.345 e. The van der Waals surface area contributed by atoms with Gasteiger partial charge in [0.2, 0.25) is 5.56 Å². The Morgan fingerprint density at radius 3 is 2.57 bits per heavy atom. The Labute approximate surface area is 132 Å². The number of carbonyl (C=O) groups excluding carboxylic acids is 1. The zero-order chi connectivity index (χ0) is 16.4. The maximum absolute atomic E-state index is 13.0. The highest BCUT2D eigenvalue weighted by molar-refractivity contribution is 6.06. The lowest BCUT2D eigenvalue weighted by Crippen LogP contribution is -2.28. The van der Waals surface area contributed by atoms with Gasteiger partial charge in [0.15, 0.2) is 0 Å². The van der Waals surface area contributed by atoms with Crippen molar-refractivity contribution in [2.24, 2.45) is 0 Å². The quantitative estimate of drug-likeness (QED) is 0.780. The third-order valence-electron chi connectivity index (χ3n) is 3.71. The molecule has 1 aromatic heterocycles. The van der Waals surface area contributed by atoms with Gasteiger partial charge in [0.1, 0.15) is 5.82 Å². The van der Waals surface area contributed by atoms with Gasteiger partial charge in [0.25, 0.3) is 5.91 Å². The summed E-state index contributed by atoms with van der Waals surface area (Å²) in [7, 11) is 0. The molecule has 4 nitrogen and oxygen atoms in total. The van der Waals surface area contributed by atoms with Crippen LogP contribution in [0.5, 0.6) is 0 Å². The second kappa shape index (κ2) is 6.04. The number of fused-ring (bicyclic) bond motifs is 1. The Bertz CT molecular complexity index is 916. The van der Waals surface area contributed by atoms with E-state index in [1.807, 2.05) is 0 Å². The average molecular weight is 310 g/mol. The fourth-order valence-corrected chi connectivity index (χ4v) is 2.50. The van der Waals surface area contributed by atoms with Crippen LogP contribution < -0.4 is 10.9 Å². The SMILES string of the molecule is CC(NC(=O)c1cc(=O)[nH]c2ccccc12)c1ccc(F)cc1. The van der Waals surface area contributed by atoms with Crippen molar-refractivity contribution in [1.29, 1.82) is 0 Å². The molecule has 5 heteroatoms. The molecule has 1 heterocycles. The number of amides is 1. The molecule has 2 N–H and O–H groups in total. The van der Waals surface area contributed by atoms with E-state index in [1.165, 1.54) is 18.2 Å². The maximum Gasteiger partial charge on any atom is 0.252 e. The number of aromatic amines is 1. The van der Waals surface area contributed by atoms with E-state index < -0.39 is 0 Å². The van der Waals surface area contributed by atoms with E-state index in [2.05, 4.69) is 10.3 Å². The first-order valence-corrected chi connectivity index (χ1v) is 7.23. The number of hydrogen-bond acceptors (Lipinski definition) is 2. The Hall–Kier alpha value is -2.95. The lowest BCUT2D eigenvalue weighted by molar-refractivity contribution is 0.0941. The van der Waals surface area contributed by atoms with E-state index in [9.17, 15) is 14.0 Å². The summed E-state index contributed by atoms with van der Waals surface area (Å²) in [6.07, 6.45) is 0. The van der Waals surface area contributed by atoms with Crippen LogP contribution in [-0.4, -0.2) is 10.9 Å². The number of carbonyl (C=O) groups is 1. The van der Waals surface area contributed by atoms with Gasteiger partial charge >= 0.3 is 0 Å². The van der Waals surface area contributed by atoms with Crippen molar-refractivity contribution in [1.82, 2.24) is 10.3 Å². The number of benzene rings is 2. The summed E-state index contributed by atoms with van der Waals surface area (Å²) >= 11 is 0. The molecule has 1 atom stereocenters. The Morgan fingerprint density at radius 1 is 1.13 bits per heavy atom. The van der Waals surface area contributed by atoms with E-state index in [4.69, 9.17) is 0 Å². The van der Waals surface area contributed by atoms with Crippen LogP contribution in [0.25, 0.3) is 10.9 Å². The summed E-state index contributed by atoms with van der Waals surface area (Å²) in [5, 5.41) is 3.51. The van der Waals surface area contributed by atoms with Crippen molar-refractivity contribution in [2.45, 2.75) is 13.0 Å². The van der Waals surface area contributed by atoms with Gasteiger partial charge < -0.3 is 10.3 Å².